The van der Waals surface area contributed by atoms with E-state index in [1.165, 1.54) is 0 Å². The van der Waals surface area contributed by atoms with E-state index >= 15 is 0 Å². The van der Waals surface area contributed by atoms with E-state index in [1.807, 2.05) is 40.6 Å². The molecule has 1 aliphatic heterocycles. The van der Waals surface area contributed by atoms with Crippen LogP contribution in [0.2, 0.25) is 0 Å². The van der Waals surface area contributed by atoms with Crippen LogP contribution < -0.4 is 0 Å². The Balaban J connectivity index is 1.51. The Morgan fingerprint density at radius 3 is 2.64 bits per heavy atom. The molecule has 25 heavy (non-hydrogen) atoms. The highest BCUT2D eigenvalue weighted by Gasteiger charge is 2.28. The van der Waals surface area contributed by atoms with E-state index < -0.39 is 0 Å². The van der Waals surface area contributed by atoms with Crippen LogP contribution in [-0.4, -0.2) is 43.2 Å². The molecule has 1 aliphatic rings. The number of likely N-dealkylation sites (tertiary alicyclic amines) is 1. The number of piperidine rings is 1. The first kappa shape index (κ1) is 16.2. The van der Waals surface area contributed by atoms with Crippen molar-refractivity contribution in [3.63, 3.8) is 0 Å². The van der Waals surface area contributed by atoms with Crippen molar-refractivity contribution in [2.24, 2.45) is 0 Å². The van der Waals surface area contributed by atoms with Gasteiger partial charge in [-0.15, -0.1) is 0 Å². The molecule has 1 amide bonds. The molecule has 0 spiro atoms. The summed E-state index contributed by atoms with van der Waals surface area (Å²) in [5.41, 5.74) is 2.24. The van der Waals surface area contributed by atoms with Crippen molar-refractivity contribution in [3.05, 3.63) is 58.5 Å². The first-order valence-electron chi connectivity index (χ1n) is 8.34. The number of carbonyl (C=O) groups is 1. The lowest BCUT2D eigenvalue weighted by Gasteiger charge is -2.31. The first-order valence-corrected chi connectivity index (χ1v) is 9.13. The van der Waals surface area contributed by atoms with Gasteiger partial charge in [-0.25, -0.2) is 15.0 Å². The molecule has 0 saturated carbocycles. The molecule has 3 aromatic rings. The second kappa shape index (κ2) is 6.55. The van der Waals surface area contributed by atoms with Gasteiger partial charge in [0.15, 0.2) is 0 Å². The fraction of sp³-hybridized carbons (Fsp3) is 0.333. The molecule has 0 N–H and O–H groups in total. The van der Waals surface area contributed by atoms with Crippen molar-refractivity contribution in [3.8, 4) is 0 Å². The zero-order chi connectivity index (χ0) is 17.4. The Kier molecular flexibility index (Phi) is 4.25. The number of carbonyl (C=O) groups excluding carboxylic acids is 1. The van der Waals surface area contributed by atoms with Gasteiger partial charge in [0.25, 0.3) is 5.91 Å². The summed E-state index contributed by atoms with van der Waals surface area (Å²) >= 11 is 3.36. The molecule has 0 bridgehead atoms. The quantitative estimate of drug-likeness (QED) is 0.663. The van der Waals surface area contributed by atoms with Crippen molar-refractivity contribution in [1.82, 2.24) is 24.3 Å². The van der Waals surface area contributed by atoms with Crippen LogP contribution in [0.25, 0.3) is 5.65 Å². The summed E-state index contributed by atoms with van der Waals surface area (Å²) < 4.78 is 2.76. The molecule has 0 radical (unpaired) electrons. The molecule has 1 fully saturated rings. The molecule has 3 aromatic heterocycles. The van der Waals surface area contributed by atoms with Crippen LogP contribution in [0, 0.1) is 6.92 Å². The second-order valence-corrected chi connectivity index (χ2v) is 7.22. The SMILES string of the molecule is Cc1nc2ccccn2c1C(=O)N1CCC(c2ncc(Br)cn2)CC1. The predicted molar refractivity (Wildman–Crippen MR) is 97.5 cm³/mol. The summed E-state index contributed by atoms with van der Waals surface area (Å²) in [5, 5.41) is 0. The summed E-state index contributed by atoms with van der Waals surface area (Å²) in [6.45, 7) is 3.31. The zero-order valence-electron chi connectivity index (χ0n) is 13.9. The van der Waals surface area contributed by atoms with E-state index in [-0.39, 0.29) is 5.91 Å². The monoisotopic (exact) mass is 399 g/mol. The van der Waals surface area contributed by atoms with Crippen molar-refractivity contribution in [1.29, 1.82) is 0 Å². The second-order valence-electron chi connectivity index (χ2n) is 6.30. The Labute approximate surface area is 154 Å². The van der Waals surface area contributed by atoms with Crippen molar-refractivity contribution >= 4 is 27.5 Å². The van der Waals surface area contributed by atoms with E-state index in [4.69, 9.17) is 0 Å². The maximum Gasteiger partial charge on any atom is 0.272 e. The van der Waals surface area contributed by atoms with Crippen LogP contribution in [0.15, 0.2) is 41.3 Å². The summed E-state index contributed by atoms with van der Waals surface area (Å²) in [6, 6.07) is 5.77. The topological polar surface area (TPSA) is 63.4 Å². The molecule has 0 aromatic carbocycles. The number of imidazole rings is 1. The number of hydrogen-bond donors (Lipinski definition) is 0. The number of rotatable bonds is 2. The maximum atomic E-state index is 13.0. The summed E-state index contributed by atoms with van der Waals surface area (Å²) in [7, 11) is 0. The molecule has 0 aliphatic carbocycles. The van der Waals surface area contributed by atoms with E-state index in [1.54, 1.807) is 12.4 Å². The lowest BCUT2D eigenvalue weighted by atomic mass is 9.95. The minimum Gasteiger partial charge on any atom is -0.337 e. The van der Waals surface area contributed by atoms with E-state index in [0.717, 1.165) is 34.5 Å². The molecule has 0 atom stereocenters. The van der Waals surface area contributed by atoms with Crippen LogP contribution in [0.3, 0.4) is 0 Å². The Bertz CT molecular complexity index is 913. The number of aromatic nitrogens is 4. The highest BCUT2D eigenvalue weighted by molar-refractivity contribution is 9.10. The normalized spacial score (nSPS) is 15.7. The third kappa shape index (κ3) is 3.04. The lowest BCUT2D eigenvalue weighted by molar-refractivity contribution is 0.0703. The molecule has 6 nitrogen and oxygen atoms in total. The molecular weight excluding hydrogens is 382 g/mol. The van der Waals surface area contributed by atoms with Gasteiger partial charge in [-0.2, -0.15) is 0 Å². The molecular formula is C18H18BrN5O. The molecule has 128 valence electrons. The largest absolute Gasteiger partial charge is 0.337 e. The van der Waals surface area contributed by atoms with E-state index in [9.17, 15) is 4.79 Å². The average molecular weight is 400 g/mol. The average Bonchev–Trinajstić information content (AvgIpc) is 2.97. The van der Waals surface area contributed by atoms with Gasteiger partial charge in [0.2, 0.25) is 0 Å². The molecule has 7 heteroatoms. The number of nitrogens with zero attached hydrogens (tertiary/aromatic N) is 5. The van der Waals surface area contributed by atoms with E-state index in [2.05, 4.69) is 30.9 Å². The van der Waals surface area contributed by atoms with Gasteiger partial charge in [0.05, 0.1) is 10.2 Å². The smallest absolute Gasteiger partial charge is 0.272 e. The van der Waals surface area contributed by atoms with Crippen molar-refractivity contribution in [2.45, 2.75) is 25.7 Å². The first-order chi connectivity index (χ1) is 12.1. The number of aryl methyl sites for hydroxylation is 1. The van der Waals surface area contributed by atoms with Gasteiger partial charge in [0.1, 0.15) is 17.2 Å². The van der Waals surface area contributed by atoms with Gasteiger partial charge < -0.3 is 4.90 Å². The van der Waals surface area contributed by atoms with Gasteiger partial charge in [-0.1, -0.05) is 6.07 Å². The zero-order valence-corrected chi connectivity index (χ0v) is 15.5. The van der Waals surface area contributed by atoms with Crippen LogP contribution >= 0.6 is 15.9 Å². The van der Waals surface area contributed by atoms with Gasteiger partial charge in [-0.3, -0.25) is 9.20 Å². The number of fused-ring (bicyclic) bond motifs is 1. The number of amides is 1. The maximum absolute atomic E-state index is 13.0. The van der Waals surface area contributed by atoms with Crippen molar-refractivity contribution in [2.75, 3.05) is 13.1 Å². The summed E-state index contributed by atoms with van der Waals surface area (Å²) in [6.07, 6.45) is 7.21. The Morgan fingerprint density at radius 1 is 1.20 bits per heavy atom. The highest BCUT2D eigenvalue weighted by Crippen LogP contribution is 2.27. The van der Waals surface area contributed by atoms with Crippen molar-refractivity contribution < 1.29 is 4.79 Å². The Morgan fingerprint density at radius 2 is 1.92 bits per heavy atom. The highest BCUT2D eigenvalue weighted by atomic mass is 79.9. The van der Waals surface area contributed by atoms with E-state index in [0.29, 0.717) is 24.7 Å². The summed E-state index contributed by atoms with van der Waals surface area (Å²) in [5.74, 6) is 1.22. The number of halogens is 1. The predicted octanol–water partition coefficient (Wildman–Crippen LogP) is 3.22. The van der Waals surface area contributed by atoms with Gasteiger partial charge >= 0.3 is 0 Å². The van der Waals surface area contributed by atoms with Gasteiger partial charge in [-0.05, 0) is 47.8 Å². The van der Waals surface area contributed by atoms with Crippen LogP contribution in [0.1, 0.15) is 40.8 Å². The number of pyridine rings is 1. The van der Waals surface area contributed by atoms with Gasteiger partial charge in [0, 0.05) is 37.6 Å². The molecule has 1 saturated heterocycles. The molecule has 4 heterocycles. The van der Waals surface area contributed by atoms with Crippen LogP contribution in [-0.2, 0) is 0 Å². The third-order valence-corrected chi connectivity index (χ3v) is 5.10. The molecule has 4 rings (SSSR count). The molecule has 0 unspecified atom stereocenters. The summed E-state index contributed by atoms with van der Waals surface area (Å²) in [4.78, 5) is 28.2. The standard InChI is InChI=1S/C18H18BrN5O/c1-12-16(24-7-3-2-4-15(24)22-12)18(25)23-8-5-13(6-9-23)17-20-10-14(19)11-21-17/h2-4,7,10-11,13H,5-6,8-9H2,1H3. The van der Waals surface area contributed by atoms with Crippen LogP contribution in [0.5, 0.6) is 0 Å². The fourth-order valence-electron chi connectivity index (χ4n) is 3.39. The third-order valence-electron chi connectivity index (χ3n) is 4.69. The minimum atomic E-state index is 0.0476. The lowest BCUT2D eigenvalue weighted by Crippen LogP contribution is -2.39. The van der Waals surface area contributed by atoms with Crippen LogP contribution in [0.4, 0.5) is 0 Å². The fourth-order valence-corrected chi connectivity index (χ4v) is 3.60. The Hall–Kier alpha value is -2.28. The minimum absolute atomic E-state index is 0.0476. The number of hydrogen-bond acceptors (Lipinski definition) is 4.